The molecule has 1 aromatic rings. The topological polar surface area (TPSA) is 71.8 Å². The van der Waals surface area contributed by atoms with Crippen molar-refractivity contribution in [1.82, 2.24) is 25.6 Å². The molecular weight excluding hydrogens is 239 g/mol. The van der Waals surface area contributed by atoms with E-state index in [1.165, 1.54) is 6.20 Å². The maximum Gasteiger partial charge on any atom is 0.405 e. The average Bonchev–Trinajstić information content (AvgIpc) is 2.73. The van der Waals surface area contributed by atoms with Crippen molar-refractivity contribution in [3.05, 3.63) is 12.4 Å². The summed E-state index contributed by atoms with van der Waals surface area (Å²) >= 11 is 0. The van der Waals surface area contributed by atoms with Gasteiger partial charge in [0.05, 0.1) is 6.20 Å². The standard InChI is InChI=1S/C8H12F3N5O/c9-8(10,11)6-13-7(17)12-2-1-4-16-5-3-14-15-16/h3,5H,1-2,4,6H2,(H2,12,13,17). The van der Waals surface area contributed by atoms with E-state index < -0.39 is 18.8 Å². The second kappa shape index (κ2) is 6.06. The fourth-order valence-electron chi connectivity index (χ4n) is 1.04. The molecule has 0 aliphatic rings. The summed E-state index contributed by atoms with van der Waals surface area (Å²) in [6, 6.07) is -0.832. The van der Waals surface area contributed by atoms with Crippen LogP contribution >= 0.6 is 0 Å². The van der Waals surface area contributed by atoms with E-state index in [0.717, 1.165) is 0 Å². The van der Waals surface area contributed by atoms with E-state index >= 15 is 0 Å². The minimum Gasteiger partial charge on any atom is -0.338 e. The molecule has 0 aromatic carbocycles. The number of carbonyl (C=O) groups excluding carboxylic acids is 1. The first-order valence-corrected chi connectivity index (χ1v) is 4.90. The molecule has 0 aliphatic carbocycles. The second-order valence-corrected chi connectivity index (χ2v) is 3.24. The fourth-order valence-corrected chi connectivity index (χ4v) is 1.04. The van der Waals surface area contributed by atoms with Crippen molar-refractivity contribution in [1.29, 1.82) is 0 Å². The van der Waals surface area contributed by atoms with Crippen LogP contribution in [0.5, 0.6) is 0 Å². The van der Waals surface area contributed by atoms with Gasteiger partial charge in [-0.3, -0.25) is 4.68 Å². The van der Waals surface area contributed by atoms with Gasteiger partial charge in [-0.1, -0.05) is 5.21 Å². The Morgan fingerprint density at radius 1 is 1.35 bits per heavy atom. The lowest BCUT2D eigenvalue weighted by molar-refractivity contribution is -0.122. The van der Waals surface area contributed by atoms with E-state index in [2.05, 4.69) is 15.6 Å². The second-order valence-electron chi connectivity index (χ2n) is 3.24. The van der Waals surface area contributed by atoms with E-state index in [1.54, 1.807) is 16.2 Å². The number of aromatic nitrogens is 3. The van der Waals surface area contributed by atoms with Crippen LogP contribution in [0.3, 0.4) is 0 Å². The van der Waals surface area contributed by atoms with Gasteiger partial charge in [0.25, 0.3) is 0 Å². The maximum atomic E-state index is 11.7. The highest BCUT2D eigenvalue weighted by Crippen LogP contribution is 2.11. The zero-order valence-electron chi connectivity index (χ0n) is 8.87. The molecule has 0 spiro atoms. The predicted octanol–water partition coefficient (Wildman–Crippen LogP) is 0.530. The lowest BCUT2D eigenvalue weighted by atomic mass is 10.4. The molecule has 0 atom stereocenters. The monoisotopic (exact) mass is 251 g/mol. The number of urea groups is 1. The average molecular weight is 251 g/mol. The van der Waals surface area contributed by atoms with Crippen LogP contribution in [0, 0.1) is 0 Å². The smallest absolute Gasteiger partial charge is 0.338 e. The van der Waals surface area contributed by atoms with Crippen LogP contribution < -0.4 is 10.6 Å². The Labute approximate surface area is 95.2 Å². The van der Waals surface area contributed by atoms with Gasteiger partial charge in [-0.25, -0.2) is 4.79 Å². The highest BCUT2D eigenvalue weighted by Gasteiger charge is 2.27. The van der Waals surface area contributed by atoms with Crippen LogP contribution in [0.1, 0.15) is 6.42 Å². The molecule has 1 rings (SSSR count). The molecule has 0 bridgehead atoms. The quantitative estimate of drug-likeness (QED) is 0.750. The third-order valence-corrected chi connectivity index (χ3v) is 1.77. The van der Waals surface area contributed by atoms with Gasteiger partial charge in [0.15, 0.2) is 0 Å². The Morgan fingerprint density at radius 3 is 2.71 bits per heavy atom. The lowest BCUT2D eigenvalue weighted by Gasteiger charge is -2.09. The Bertz CT molecular complexity index is 337. The number of hydrogen-bond donors (Lipinski definition) is 2. The van der Waals surface area contributed by atoms with E-state index in [9.17, 15) is 18.0 Å². The molecule has 6 nitrogen and oxygen atoms in total. The van der Waals surface area contributed by atoms with E-state index in [1.807, 2.05) is 0 Å². The number of rotatable bonds is 5. The van der Waals surface area contributed by atoms with Crippen LogP contribution in [-0.2, 0) is 6.54 Å². The van der Waals surface area contributed by atoms with Crippen molar-refractivity contribution < 1.29 is 18.0 Å². The highest BCUT2D eigenvalue weighted by molar-refractivity contribution is 5.73. The molecule has 0 saturated heterocycles. The molecule has 1 heterocycles. The van der Waals surface area contributed by atoms with Gasteiger partial charge >= 0.3 is 12.2 Å². The van der Waals surface area contributed by atoms with E-state index in [-0.39, 0.29) is 6.54 Å². The maximum absolute atomic E-state index is 11.7. The van der Waals surface area contributed by atoms with Crippen LogP contribution in [-0.4, -0.2) is 40.3 Å². The number of amides is 2. The Hall–Kier alpha value is -1.80. The number of alkyl halides is 3. The lowest BCUT2D eigenvalue weighted by Crippen LogP contribution is -2.41. The summed E-state index contributed by atoms with van der Waals surface area (Å²) in [5.41, 5.74) is 0. The molecule has 0 saturated carbocycles. The Kier molecular flexibility index (Phi) is 4.73. The highest BCUT2D eigenvalue weighted by atomic mass is 19.4. The third kappa shape index (κ3) is 6.38. The van der Waals surface area contributed by atoms with Gasteiger partial charge in [0.1, 0.15) is 6.54 Å². The van der Waals surface area contributed by atoms with Gasteiger partial charge in [0.2, 0.25) is 0 Å². The summed E-state index contributed by atoms with van der Waals surface area (Å²) in [6.07, 6.45) is -0.659. The first-order chi connectivity index (χ1) is 7.97. The van der Waals surface area contributed by atoms with Crippen molar-refractivity contribution in [2.45, 2.75) is 19.1 Å². The minimum absolute atomic E-state index is 0.267. The molecule has 9 heteroatoms. The first-order valence-electron chi connectivity index (χ1n) is 4.90. The molecule has 96 valence electrons. The number of halogens is 3. The number of aryl methyl sites for hydroxylation is 1. The zero-order valence-corrected chi connectivity index (χ0v) is 8.87. The van der Waals surface area contributed by atoms with E-state index in [4.69, 9.17) is 0 Å². The van der Waals surface area contributed by atoms with Gasteiger partial charge in [-0.2, -0.15) is 13.2 Å². The molecule has 0 aliphatic heterocycles. The van der Waals surface area contributed by atoms with Gasteiger partial charge < -0.3 is 10.6 Å². The molecular formula is C8H12F3N5O. The summed E-state index contributed by atoms with van der Waals surface area (Å²) in [7, 11) is 0. The first kappa shape index (κ1) is 13.3. The SMILES string of the molecule is O=C(NCCCn1ccnn1)NCC(F)(F)F. The summed E-state index contributed by atoms with van der Waals surface area (Å²) in [4.78, 5) is 10.9. The van der Waals surface area contributed by atoms with Crippen LogP contribution in [0.15, 0.2) is 12.4 Å². The van der Waals surface area contributed by atoms with Crippen molar-refractivity contribution in [3.8, 4) is 0 Å². The predicted molar refractivity (Wildman–Crippen MR) is 52.1 cm³/mol. The Balaban J connectivity index is 2.04. The molecule has 1 aromatic heterocycles. The van der Waals surface area contributed by atoms with Gasteiger partial charge in [0, 0.05) is 19.3 Å². The van der Waals surface area contributed by atoms with E-state index in [0.29, 0.717) is 13.0 Å². The molecule has 0 fully saturated rings. The third-order valence-electron chi connectivity index (χ3n) is 1.77. The molecule has 0 unspecified atom stereocenters. The number of hydrogen-bond acceptors (Lipinski definition) is 3. The molecule has 0 radical (unpaired) electrons. The number of nitrogens with one attached hydrogen (secondary N) is 2. The number of nitrogens with zero attached hydrogens (tertiary/aromatic N) is 3. The van der Waals surface area contributed by atoms with Crippen molar-refractivity contribution in [3.63, 3.8) is 0 Å². The van der Waals surface area contributed by atoms with Crippen LogP contribution in [0.25, 0.3) is 0 Å². The molecule has 2 N–H and O–H groups in total. The van der Waals surface area contributed by atoms with Crippen molar-refractivity contribution >= 4 is 6.03 Å². The number of carbonyl (C=O) groups is 1. The van der Waals surface area contributed by atoms with Gasteiger partial charge in [-0.05, 0) is 6.42 Å². The Morgan fingerprint density at radius 2 is 2.12 bits per heavy atom. The summed E-state index contributed by atoms with van der Waals surface area (Å²) in [5.74, 6) is 0. The van der Waals surface area contributed by atoms with Crippen molar-refractivity contribution in [2.24, 2.45) is 0 Å². The van der Waals surface area contributed by atoms with Crippen LogP contribution in [0.4, 0.5) is 18.0 Å². The van der Waals surface area contributed by atoms with Gasteiger partial charge in [-0.15, -0.1) is 5.10 Å². The fraction of sp³-hybridized carbons (Fsp3) is 0.625. The molecule has 17 heavy (non-hydrogen) atoms. The minimum atomic E-state index is -4.39. The zero-order chi connectivity index (χ0) is 12.7. The summed E-state index contributed by atoms with van der Waals surface area (Å²) < 4.78 is 36.8. The largest absolute Gasteiger partial charge is 0.405 e. The van der Waals surface area contributed by atoms with Crippen LogP contribution in [0.2, 0.25) is 0 Å². The summed E-state index contributed by atoms with van der Waals surface area (Å²) in [6.45, 7) is -0.523. The van der Waals surface area contributed by atoms with Crippen molar-refractivity contribution in [2.75, 3.05) is 13.1 Å². The summed E-state index contributed by atoms with van der Waals surface area (Å²) in [5, 5.41) is 11.3. The molecule has 2 amide bonds. The normalized spacial score (nSPS) is 11.2.